The summed E-state index contributed by atoms with van der Waals surface area (Å²) in [5.74, 6) is 0. The van der Waals surface area contributed by atoms with Crippen molar-refractivity contribution in [2.24, 2.45) is 0 Å². The quantitative estimate of drug-likeness (QED) is 0.669. The van der Waals surface area contributed by atoms with Crippen molar-refractivity contribution in [2.45, 2.75) is 5.37 Å². The van der Waals surface area contributed by atoms with Gasteiger partial charge in [-0.05, 0) is 17.7 Å². The number of hydrogen-bond donors (Lipinski definition) is 0. The number of rotatable bonds is 2. The minimum Gasteiger partial charge on any atom is -0.265 e. The molecule has 1 aromatic heterocycles. The van der Waals surface area contributed by atoms with Crippen LogP contribution in [0.1, 0.15) is 10.9 Å². The monoisotopic (exact) mass is 185 g/mol. The second-order valence-corrected chi connectivity index (χ2v) is 4.62. The van der Waals surface area contributed by atoms with Gasteiger partial charge in [0.2, 0.25) is 0 Å². The zero-order valence-electron chi connectivity index (χ0n) is 6.56. The molecule has 0 spiro atoms. The first-order valence-electron chi connectivity index (χ1n) is 3.32. The zero-order chi connectivity index (χ0) is 9.19. The van der Waals surface area contributed by atoms with Gasteiger partial charge in [-0.1, -0.05) is 0 Å². The molecule has 0 bridgehead atoms. The molecule has 0 amide bonds. The van der Waals surface area contributed by atoms with Gasteiger partial charge in [0.15, 0.2) is 9.84 Å². The lowest BCUT2D eigenvalue weighted by Crippen LogP contribution is -2.12. The SMILES string of the molecule is CS(=O)(=O)C([NH])c1ccncc1. The van der Waals surface area contributed by atoms with Crippen LogP contribution < -0.4 is 5.73 Å². The van der Waals surface area contributed by atoms with Crippen LogP contribution in [-0.4, -0.2) is 19.7 Å². The Morgan fingerprint density at radius 1 is 1.42 bits per heavy atom. The summed E-state index contributed by atoms with van der Waals surface area (Å²) < 4.78 is 21.8. The van der Waals surface area contributed by atoms with Crippen LogP contribution in [0.25, 0.3) is 0 Å². The predicted octanol–water partition coefficient (Wildman–Crippen LogP) is 0.408. The standard InChI is InChI=1S/C7H9N2O2S/c1-12(10,11)7(8)6-2-4-9-5-3-6/h2-5,7-8H,1H3. The van der Waals surface area contributed by atoms with Crippen LogP contribution in [0, 0.1) is 0 Å². The molecule has 1 unspecified atom stereocenters. The van der Waals surface area contributed by atoms with Crippen LogP contribution in [0.3, 0.4) is 0 Å². The largest absolute Gasteiger partial charge is 0.265 e. The van der Waals surface area contributed by atoms with E-state index in [1.165, 1.54) is 24.5 Å². The van der Waals surface area contributed by atoms with Gasteiger partial charge in [0, 0.05) is 18.6 Å². The first-order valence-corrected chi connectivity index (χ1v) is 5.27. The molecule has 12 heavy (non-hydrogen) atoms. The van der Waals surface area contributed by atoms with Crippen LogP contribution in [-0.2, 0) is 9.84 Å². The normalized spacial score (nSPS) is 14.2. The van der Waals surface area contributed by atoms with E-state index in [1.807, 2.05) is 0 Å². The molecule has 1 aromatic rings. The molecule has 0 fully saturated rings. The average Bonchev–Trinajstić information content (AvgIpc) is 2.03. The molecule has 0 saturated carbocycles. The van der Waals surface area contributed by atoms with E-state index in [-0.39, 0.29) is 0 Å². The molecule has 65 valence electrons. The third kappa shape index (κ3) is 2.02. The molecule has 5 heteroatoms. The van der Waals surface area contributed by atoms with Gasteiger partial charge in [0.25, 0.3) is 0 Å². The first-order chi connectivity index (χ1) is 5.52. The molecule has 0 aliphatic rings. The Morgan fingerprint density at radius 2 is 1.92 bits per heavy atom. The summed E-state index contributed by atoms with van der Waals surface area (Å²) >= 11 is 0. The summed E-state index contributed by atoms with van der Waals surface area (Å²) in [7, 11) is -3.32. The summed E-state index contributed by atoms with van der Waals surface area (Å²) in [6, 6.07) is 3.05. The van der Waals surface area contributed by atoms with Crippen molar-refractivity contribution in [3.8, 4) is 0 Å². The highest BCUT2D eigenvalue weighted by Crippen LogP contribution is 2.15. The molecule has 0 aliphatic carbocycles. The summed E-state index contributed by atoms with van der Waals surface area (Å²) in [4.78, 5) is 3.73. The van der Waals surface area contributed by atoms with E-state index in [0.29, 0.717) is 5.56 Å². The molecule has 1 rings (SSSR count). The fraction of sp³-hybridized carbons (Fsp3) is 0.286. The smallest absolute Gasteiger partial charge is 0.168 e. The second kappa shape index (κ2) is 3.20. The Balaban J connectivity index is 3.02. The topological polar surface area (TPSA) is 70.8 Å². The van der Waals surface area contributed by atoms with Crippen molar-refractivity contribution >= 4 is 9.84 Å². The van der Waals surface area contributed by atoms with Crippen LogP contribution in [0.2, 0.25) is 0 Å². The Kier molecular flexibility index (Phi) is 2.44. The number of sulfone groups is 1. The highest BCUT2D eigenvalue weighted by atomic mass is 32.2. The van der Waals surface area contributed by atoms with Crippen molar-refractivity contribution < 1.29 is 8.42 Å². The molecule has 1 radical (unpaired) electrons. The van der Waals surface area contributed by atoms with Gasteiger partial charge in [0.05, 0.1) is 0 Å². The zero-order valence-corrected chi connectivity index (χ0v) is 7.38. The second-order valence-electron chi connectivity index (χ2n) is 2.49. The molecule has 1 heterocycles. The Bertz CT molecular complexity index is 347. The lowest BCUT2D eigenvalue weighted by Gasteiger charge is -2.06. The number of nitrogens with zero attached hydrogens (tertiary/aromatic N) is 1. The average molecular weight is 185 g/mol. The highest BCUT2D eigenvalue weighted by molar-refractivity contribution is 7.90. The van der Waals surface area contributed by atoms with E-state index in [0.717, 1.165) is 6.26 Å². The highest BCUT2D eigenvalue weighted by Gasteiger charge is 2.17. The van der Waals surface area contributed by atoms with Gasteiger partial charge in [0.1, 0.15) is 5.37 Å². The maximum atomic E-state index is 10.9. The van der Waals surface area contributed by atoms with Crippen molar-refractivity contribution in [1.82, 2.24) is 10.7 Å². The number of pyridine rings is 1. The number of hydrogen-bond acceptors (Lipinski definition) is 3. The first kappa shape index (κ1) is 9.15. The molecular weight excluding hydrogens is 176 g/mol. The minimum atomic E-state index is -3.32. The molecule has 0 aliphatic heterocycles. The summed E-state index contributed by atoms with van der Waals surface area (Å²) in [6.07, 6.45) is 4.00. The minimum absolute atomic E-state index is 0.451. The van der Waals surface area contributed by atoms with E-state index in [2.05, 4.69) is 4.98 Å². The van der Waals surface area contributed by atoms with Crippen LogP contribution in [0.5, 0.6) is 0 Å². The van der Waals surface area contributed by atoms with E-state index in [1.54, 1.807) is 0 Å². The lowest BCUT2D eigenvalue weighted by molar-refractivity contribution is 0.588. The third-order valence-corrected chi connectivity index (χ3v) is 2.57. The van der Waals surface area contributed by atoms with Crippen molar-refractivity contribution in [2.75, 3.05) is 6.26 Å². The molecule has 0 aromatic carbocycles. The molecule has 1 atom stereocenters. The van der Waals surface area contributed by atoms with Crippen molar-refractivity contribution in [3.63, 3.8) is 0 Å². The Labute approximate surface area is 71.3 Å². The summed E-state index contributed by atoms with van der Waals surface area (Å²) in [6.45, 7) is 0. The number of nitrogens with one attached hydrogen (secondary N) is 1. The van der Waals surface area contributed by atoms with E-state index < -0.39 is 15.2 Å². The molecule has 1 N–H and O–H groups in total. The predicted molar refractivity (Wildman–Crippen MR) is 44.9 cm³/mol. The lowest BCUT2D eigenvalue weighted by atomic mass is 10.3. The maximum Gasteiger partial charge on any atom is 0.168 e. The number of aromatic nitrogens is 1. The fourth-order valence-corrected chi connectivity index (χ4v) is 1.44. The third-order valence-electron chi connectivity index (χ3n) is 1.44. The van der Waals surface area contributed by atoms with Crippen LogP contribution >= 0.6 is 0 Å². The van der Waals surface area contributed by atoms with Gasteiger partial charge < -0.3 is 0 Å². The van der Waals surface area contributed by atoms with Crippen molar-refractivity contribution in [3.05, 3.63) is 30.1 Å². The Hall–Kier alpha value is -0.940. The van der Waals surface area contributed by atoms with Gasteiger partial charge >= 0.3 is 0 Å². The van der Waals surface area contributed by atoms with Crippen molar-refractivity contribution in [1.29, 1.82) is 0 Å². The van der Waals surface area contributed by atoms with Crippen LogP contribution in [0.4, 0.5) is 0 Å². The van der Waals surface area contributed by atoms with Crippen LogP contribution in [0.15, 0.2) is 24.5 Å². The summed E-state index contributed by atoms with van der Waals surface area (Å²) in [5, 5.41) is -1.19. The maximum absolute atomic E-state index is 10.9. The van der Waals surface area contributed by atoms with E-state index in [4.69, 9.17) is 5.73 Å². The van der Waals surface area contributed by atoms with E-state index >= 15 is 0 Å². The molecular formula is C7H9N2O2S. The van der Waals surface area contributed by atoms with E-state index in [9.17, 15) is 8.42 Å². The van der Waals surface area contributed by atoms with Gasteiger partial charge in [-0.2, -0.15) is 0 Å². The molecule has 4 nitrogen and oxygen atoms in total. The van der Waals surface area contributed by atoms with Gasteiger partial charge in [-0.3, -0.25) is 4.98 Å². The van der Waals surface area contributed by atoms with Gasteiger partial charge in [-0.25, -0.2) is 14.2 Å². The van der Waals surface area contributed by atoms with Gasteiger partial charge in [-0.15, -0.1) is 0 Å². The Morgan fingerprint density at radius 3 is 2.33 bits per heavy atom. The molecule has 0 saturated heterocycles. The summed E-state index contributed by atoms with van der Waals surface area (Å²) in [5.41, 5.74) is 7.80. The fourth-order valence-electron chi connectivity index (χ4n) is 0.785.